The van der Waals surface area contributed by atoms with Gasteiger partial charge in [-0.05, 0) is 24.3 Å². The van der Waals surface area contributed by atoms with E-state index < -0.39 is 23.7 Å². The summed E-state index contributed by atoms with van der Waals surface area (Å²) in [6, 6.07) is 3.69. The van der Waals surface area contributed by atoms with E-state index in [4.69, 9.17) is 15.9 Å². The van der Waals surface area contributed by atoms with Crippen LogP contribution in [0.4, 0.5) is 13.2 Å². The van der Waals surface area contributed by atoms with Crippen molar-refractivity contribution in [2.75, 3.05) is 6.54 Å². The molecule has 18 heavy (non-hydrogen) atoms. The fourth-order valence-electron chi connectivity index (χ4n) is 1.05. The Labute approximate surface area is 100 Å². The highest BCUT2D eigenvalue weighted by atomic mass is 19.4. The smallest absolute Gasteiger partial charge is 0.416 e. The predicted octanol–water partition coefficient (Wildman–Crippen LogP) is 1.09. The first-order valence-corrected chi connectivity index (χ1v) is 4.75. The lowest BCUT2D eigenvalue weighted by Gasteiger charge is -2.08. The molecule has 0 aromatic heterocycles. The Hall–Kier alpha value is -2.25. The third-order valence-electron chi connectivity index (χ3n) is 1.84. The highest BCUT2D eigenvalue weighted by Gasteiger charge is 2.30. The summed E-state index contributed by atoms with van der Waals surface area (Å²) in [5.41, 5.74) is 4.11. The zero-order valence-electron chi connectivity index (χ0n) is 9.04. The molecule has 0 unspecified atom stereocenters. The van der Waals surface area contributed by atoms with E-state index >= 15 is 0 Å². The van der Waals surface area contributed by atoms with Crippen LogP contribution in [0.1, 0.15) is 5.56 Å². The molecule has 0 amide bonds. The maximum Gasteiger partial charge on any atom is 0.416 e. The minimum Gasteiger partial charge on any atom is -0.425 e. The number of rotatable bonds is 3. The molecule has 0 aliphatic carbocycles. The summed E-state index contributed by atoms with van der Waals surface area (Å²) >= 11 is 0. The summed E-state index contributed by atoms with van der Waals surface area (Å²) in [7, 11) is 0. The second-order valence-electron chi connectivity index (χ2n) is 3.26. The summed E-state index contributed by atoms with van der Waals surface area (Å²) in [4.78, 5) is 11.1. The number of benzene rings is 1. The molecule has 0 saturated heterocycles. The molecular weight excluding hydrogens is 251 g/mol. The number of guanidine groups is 1. The summed E-state index contributed by atoms with van der Waals surface area (Å²) in [5.74, 6) is -1.18. The Bertz CT molecular complexity index is 443. The lowest BCUT2D eigenvalue weighted by atomic mass is 10.2. The summed E-state index contributed by atoms with van der Waals surface area (Å²) in [5, 5.41) is 9.01. The molecule has 1 aromatic carbocycles. The van der Waals surface area contributed by atoms with Crippen LogP contribution in [-0.2, 0) is 11.0 Å². The molecule has 0 atom stereocenters. The molecule has 4 N–H and O–H groups in total. The largest absolute Gasteiger partial charge is 0.425 e. The van der Waals surface area contributed by atoms with Gasteiger partial charge in [-0.1, -0.05) is 0 Å². The molecule has 0 saturated carbocycles. The molecule has 0 bridgehead atoms. The number of halogens is 3. The topological polar surface area (TPSA) is 88.2 Å². The zero-order valence-corrected chi connectivity index (χ0v) is 9.04. The average molecular weight is 261 g/mol. The van der Waals surface area contributed by atoms with Crippen LogP contribution in [0.2, 0.25) is 0 Å². The first kappa shape index (κ1) is 13.8. The van der Waals surface area contributed by atoms with Crippen LogP contribution in [-0.4, -0.2) is 18.5 Å². The molecule has 0 radical (unpaired) electrons. The number of carbonyl (C=O) groups is 1. The Morgan fingerprint density at radius 2 is 1.89 bits per heavy atom. The van der Waals surface area contributed by atoms with Crippen molar-refractivity contribution in [3.05, 3.63) is 29.8 Å². The maximum atomic E-state index is 12.2. The predicted molar refractivity (Wildman–Crippen MR) is 57.0 cm³/mol. The summed E-state index contributed by atoms with van der Waals surface area (Å²) in [6.45, 7) is -0.337. The van der Waals surface area contributed by atoms with Gasteiger partial charge in [-0.3, -0.25) is 5.41 Å². The van der Waals surface area contributed by atoms with E-state index in [1.165, 1.54) is 0 Å². The van der Waals surface area contributed by atoms with Gasteiger partial charge in [-0.25, -0.2) is 4.79 Å². The van der Waals surface area contributed by atoms with Crippen molar-refractivity contribution in [1.82, 2.24) is 5.32 Å². The molecule has 0 fully saturated rings. The van der Waals surface area contributed by atoms with Crippen LogP contribution >= 0.6 is 0 Å². The molecule has 0 heterocycles. The molecule has 5 nitrogen and oxygen atoms in total. The number of alkyl halides is 3. The normalized spacial score (nSPS) is 10.8. The molecule has 0 spiro atoms. The van der Waals surface area contributed by atoms with Crippen LogP contribution in [0.25, 0.3) is 0 Å². The quantitative estimate of drug-likeness (QED) is 0.329. The van der Waals surface area contributed by atoms with Gasteiger partial charge < -0.3 is 15.8 Å². The van der Waals surface area contributed by atoms with Crippen LogP contribution in [0.5, 0.6) is 5.75 Å². The highest BCUT2D eigenvalue weighted by Crippen LogP contribution is 2.30. The van der Waals surface area contributed by atoms with Gasteiger partial charge >= 0.3 is 12.1 Å². The van der Waals surface area contributed by atoms with E-state index in [-0.39, 0.29) is 12.3 Å². The lowest BCUT2D eigenvalue weighted by molar-refractivity contribution is -0.137. The number of hydrogen-bond donors (Lipinski definition) is 3. The Balaban J connectivity index is 2.59. The van der Waals surface area contributed by atoms with E-state index in [9.17, 15) is 18.0 Å². The van der Waals surface area contributed by atoms with Gasteiger partial charge in [0.15, 0.2) is 5.96 Å². The van der Waals surface area contributed by atoms with Crippen LogP contribution in [0.3, 0.4) is 0 Å². The first-order valence-electron chi connectivity index (χ1n) is 4.75. The van der Waals surface area contributed by atoms with Gasteiger partial charge in [0.2, 0.25) is 0 Å². The third-order valence-corrected chi connectivity index (χ3v) is 1.84. The third kappa shape index (κ3) is 4.32. The van der Waals surface area contributed by atoms with Crippen molar-refractivity contribution < 1.29 is 22.7 Å². The molecule has 0 aliphatic rings. The van der Waals surface area contributed by atoms with E-state index in [0.29, 0.717) is 0 Å². The highest BCUT2D eigenvalue weighted by molar-refractivity contribution is 5.82. The molecule has 8 heteroatoms. The molecule has 0 aliphatic heterocycles. The Morgan fingerprint density at radius 3 is 2.33 bits per heavy atom. The van der Waals surface area contributed by atoms with Crippen molar-refractivity contribution in [2.45, 2.75) is 6.18 Å². The van der Waals surface area contributed by atoms with Gasteiger partial charge in [0.25, 0.3) is 0 Å². The fraction of sp³-hybridized carbons (Fsp3) is 0.200. The zero-order chi connectivity index (χ0) is 13.8. The number of hydrogen-bond acceptors (Lipinski definition) is 3. The Morgan fingerprint density at radius 1 is 1.33 bits per heavy atom. The second-order valence-corrected chi connectivity index (χ2v) is 3.26. The number of esters is 1. The molecule has 1 rings (SSSR count). The maximum absolute atomic E-state index is 12.2. The molecule has 98 valence electrons. The van der Waals surface area contributed by atoms with Crippen LogP contribution in [0.15, 0.2) is 24.3 Å². The Kier molecular flexibility index (Phi) is 4.13. The second kappa shape index (κ2) is 5.39. The van der Waals surface area contributed by atoms with Crippen LogP contribution in [0, 0.1) is 5.41 Å². The summed E-state index contributed by atoms with van der Waals surface area (Å²) in [6.07, 6.45) is -4.43. The standard InChI is InChI=1S/C10H10F3N3O2/c11-10(12,13)6-1-3-7(4-2-6)18-8(17)5-16-9(14)15/h1-4H,5H2,(H4,14,15,16). The van der Waals surface area contributed by atoms with E-state index in [1.54, 1.807) is 0 Å². The minimum absolute atomic E-state index is 0.0154. The van der Waals surface area contributed by atoms with E-state index in [1.807, 2.05) is 0 Å². The number of carbonyl (C=O) groups excluding carboxylic acids is 1. The van der Waals surface area contributed by atoms with Gasteiger partial charge in [0, 0.05) is 0 Å². The summed E-state index contributed by atoms with van der Waals surface area (Å²) < 4.78 is 41.4. The van der Waals surface area contributed by atoms with Crippen LogP contribution < -0.4 is 15.8 Å². The van der Waals surface area contributed by atoms with Crippen molar-refractivity contribution in [2.24, 2.45) is 5.73 Å². The van der Waals surface area contributed by atoms with Gasteiger partial charge in [0.1, 0.15) is 12.3 Å². The van der Waals surface area contributed by atoms with Crippen molar-refractivity contribution in [3.63, 3.8) is 0 Å². The number of nitrogens with one attached hydrogen (secondary N) is 2. The van der Waals surface area contributed by atoms with Gasteiger partial charge in [-0.2, -0.15) is 13.2 Å². The number of ether oxygens (including phenoxy) is 1. The first-order chi connectivity index (χ1) is 8.29. The van der Waals surface area contributed by atoms with Crippen molar-refractivity contribution in [1.29, 1.82) is 5.41 Å². The number of nitrogens with two attached hydrogens (primary N) is 1. The molecule has 1 aromatic rings. The van der Waals surface area contributed by atoms with Gasteiger partial charge in [0.05, 0.1) is 5.56 Å². The monoisotopic (exact) mass is 261 g/mol. The SMILES string of the molecule is N=C(N)NCC(=O)Oc1ccc(C(F)(F)F)cc1. The fourth-order valence-corrected chi connectivity index (χ4v) is 1.05. The van der Waals surface area contributed by atoms with E-state index in [2.05, 4.69) is 5.32 Å². The lowest BCUT2D eigenvalue weighted by Crippen LogP contribution is -2.36. The average Bonchev–Trinajstić information content (AvgIpc) is 2.26. The van der Waals surface area contributed by atoms with Crippen molar-refractivity contribution in [3.8, 4) is 5.75 Å². The molecular formula is C10H10F3N3O2. The van der Waals surface area contributed by atoms with E-state index in [0.717, 1.165) is 24.3 Å². The van der Waals surface area contributed by atoms with Crippen molar-refractivity contribution >= 4 is 11.9 Å². The minimum atomic E-state index is -4.43. The van der Waals surface area contributed by atoms with Gasteiger partial charge in [-0.15, -0.1) is 0 Å².